The highest BCUT2D eigenvalue weighted by atomic mass is 79.9. The molecule has 0 unspecified atom stereocenters. The molecule has 1 aliphatic rings. The van der Waals surface area contributed by atoms with Gasteiger partial charge in [0, 0.05) is 10.9 Å². The molecule has 1 heterocycles. The summed E-state index contributed by atoms with van der Waals surface area (Å²) in [4.78, 5) is 11.6. The molecule has 1 aliphatic heterocycles. The average molecular weight is 285 g/mol. The summed E-state index contributed by atoms with van der Waals surface area (Å²) in [6.45, 7) is 1.80. The van der Waals surface area contributed by atoms with Crippen LogP contribution >= 0.6 is 15.9 Å². The number of hydrogen-bond donors (Lipinski definition) is 3. The summed E-state index contributed by atoms with van der Waals surface area (Å²) < 4.78 is 0.825. The zero-order valence-electron chi connectivity index (χ0n) is 8.66. The van der Waals surface area contributed by atoms with Gasteiger partial charge < -0.3 is 15.7 Å². The van der Waals surface area contributed by atoms with Gasteiger partial charge >= 0.3 is 0 Å². The summed E-state index contributed by atoms with van der Waals surface area (Å²) in [5, 5.41) is 15.4. The summed E-state index contributed by atoms with van der Waals surface area (Å²) >= 11 is 3.29. The highest BCUT2D eigenvalue weighted by Gasteiger charge is 2.20. The van der Waals surface area contributed by atoms with Gasteiger partial charge in [0.2, 0.25) is 5.91 Å². The fourth-order valence-corrected chi connectivity index (χ4v) is 1.93. The number of benzene rings is 1. The Balaban J connectivity index is 1.96. The number of anilines is 1. The Morgan fingerprint density at radius 3 is 2.94 bits per heavy atom. The van der Waals surface area contributed by atoms with Gasteiger partial charge in [-0.15, -0.1) is 0 Å². The molecule has 2 rings (SSSR count). The van der Waals surface area contributed by atoms with Gasteiger partial charge in [-0.3, -0.25) is 4.79 Å². The molecule has 16 heavy (non-hydrogen) atoms. The van der Waals surface area contributed by atoms with E-state index in [9.17, 15) is 9.90 Å². The predicted molar refractivity (Wildman–Crippen MR) is 65.4 cm³/mol. The van der Waals surface area contributed by atoms with Crippen LogP contribution in [0.3, 0.4) is 0 Å². The summed E-state index contributed by atoms with van der Waals surface area (Å²) in [5.74, 6) is 0.456. The third kappa shape index (κ3) is 2.74. The number of rotatable bonds is 3. The SMILES string of the molecule is O=C(CC1CNC1)Nc1cc(Br)ccc1O. The number of halogens is 1. The van der Waals surface area contributed by atoms with Gasteiger partial charge in [0.25, 0.3) is 0 Å². The Hall–Kier alpha value is -1.07. The van der Waals surface area contributed by atoms with Crippen LogP contribution in [-0.2, 0) is 4.79 Å². The van der Waals surface area contributed by atoms with Gasteiger partial charge in [0.1, 0.15) is 5.75 Å². The van der Waals surface area contributed by atoms with E-state index in [0.29, 0.717) is 18.0 Å². The summed E-state index contributed by atoms with van der Waals surface area (Å²) in [5.41, 5.74) is 0.451. The number of phenols is 1. The van der Waals surface area contributed by atoms with E-state index in [2.05, 4.69) is 26.6 Å². The Bertz CT molecular complexity index is 405. The molecule has 86 valence electrons. The largest absolute Gasteiger partial charge is 0.506 e. The van der Waals surface area contributed by atoms with Crippen molar-refractivity contribution >= 4 is 27.5 Å². The van der Waals surface area contributed by atoms with Gasteiger partial charge in [-0.25, -0.2) is 0 Å². The van der Waals surface area contributed by atoms with Crippen LogP contribution in [0.15, 0.2) is 22.7 Å². The molecule has 1 fully saturated rings. The molecule has 1 aromatic carbocycles. The molecule has 4 nitrogen and oxygen atoms in total. The van der Waals surface area contributed by atoms with Gasteiger partial charge in [-0.05, 0) is 37.2 Å². The third-order valence-electron chi connectivity index (χ3n) is 2.57. The second-order valence-electron chi connectivity index (χ2n) is 3.94. The Morgan fingerprint density at radius 2 is 2.31 bits per heavy atom. The normalized spacial score (nSPS) is 15.6. The van der Waals surface area contributed by atoms with E-state index in [-0.39, 0.29) is 11.7 Å². The minimum absolute atomic E-state index is 0.0556. The summed E-state index contributed by atoms with van der Waals surface area (Å²) in [7, 11) is 0. The zero-order valence-corrected chi connectivity index (χ0v) is 10.3. The number of phenolic OH excluding ortho intramolecular Hbond substituents is 1. The monoisotopic (exact) mass is 284 g/mol. The van der Waals surface area contributed by atoms with Crippen LogP contribution in [0.1, 0.15) is 6.42 Å². The second-order valence-corrected chi connectivity index (χ2v) is 4.85. The lowest BCUT2D eigenvalue weighted by Gasteiger charge is -2.26. The van der Waals surface area contributed by atoms with Crippen molar-refractivity contribution in [2.45, 2.75) is 6.42 Å². The van der Waals surface area contributed by atoms with Gasteiger partial charge in [0.05, 0.1) is 5.69 Å². The highest BCUT2D eigenvalue weighted by molar-refractivity contribution is 9.10. The lowest BCUT2D eigenvalue weighted by molar-refractivity contribution is -0.117. The maximum atomic E-state index is 11.6. The van der Waals surface area contributed by atoms with E-state index in [1.54, 1.807) is 18.2 Å². The maximum absolute atomic E-state index is 11.6. The predicted octanol–water partition coefficient (Wildman–Crippen LogP) is 1.70. The molecule has 0 spiro atoms. The van der Waals surface area contributed by atoms with Gasteiger partial charge in [-0.1, -0.05) is 15.9 Å². The number of carbonyl (C=O) groups excluding carboxylic acids is 1. The Labute approximate surface area is 102 Å². The van der Waals surface area contributed by atoms with Crippen molar-refractivity contribution in [1.82, 2.24) is 5.32 Å². The minimum atomic E-state index is -0.0556. The van der Waals surface area contributed by atoms with Gasteiger partial charge in [-0.2, -0.15) is 0 Å². The number of amides is 1. The van der Waals surface area contributed by atoms with Crippen molar-refractivity contribution in [2.75, 3.05) is 18.4 Å². The molecule has 1 saturated heterocycles. The number of nitrogens with one attached hydrogen (secondary N) is 2. The van der Waals surface area contributed by atoms with E-state index in [0.717, 1.165) is 17.6 Å². The van der Waals surface area contributed by atoms with Crippen molar-refractivity contribution in [3.63, 3.8) is 0 Å². The molecule has 5 heteroatoms. The van der Waals surface area contributed by atoms with Crippen LogP contribution in [0, 0.1) is 5.92 Å². The molecule has 0 atom stereocenters. The molecule has 0 saturated carbocycles. The van der Waals surface area contributed by atoms with Crippen molar-refractivity contribution in [3.05, 3.63) is 22.7 Å². The lowest BCUT2D eigenvalue weighted by Crippen LogP contribution is -2.43. The molecule has 1 amide bonds. The molecule has 1 aromatic rings. The van der Waals surface area contributed by atoms with Crippen LogP contribution in [0.4, 0.5) is 5.69 Å². The smallest absolute Gasteiger partial charge is 0.224 e. The number of hydrogen-bond acceptors (Lipinski definition) is 3. The van der Waals surface area contributed by atoms with E-state index < -0.39 is 0 Å². The standard InChI is InChI=1S/C11H13BrN2O2/c12-8-1-2-10(15)9(4-8)14-11(16)3-7-5-13-6-7/h1-2,4,7,13,15H,3,5-6H2,(H,14,16). The highest BCUT2D eigenvalue weighted by Crippen LogP contribution is 2.27. The molecular formula is C11H13BrN2O2. The Kier molecular flexibility index (Phi) is 3.46. The van der Waals surface area contributed by atoms with Crippen LogP contribution in [-0.4, -0.2) is 24.1 Å². The van der Waals surface area contributed by atoms with Crippen molar-refractivity contribution in [1.29, 1.82) is 0 Å². The van der Waals surface area contributed by atoms with E-state index in [1.807, 2.05) is 0 Å². The van der Waals surface area contributed by atoms with E-state index >= 15 is 0 Å². The third-order valence-corrected chi connectivity index (χ3v) is 3.07. The first-order chi connectivity index (χ1) is 7.65. The molecule has 0 aliphatic carbocycles. The first-order valence-corrected chi connectivity index (χ1v) is 5.93. The number of carbonyl (C=O) groups is 1. The van der Waals surface area contributed by atoms with Crippen molar-refractivity contribution in [2.24, 2.45) is 5.92 Å². The first-order valence-electron chi connectivity index (χ1n) is 5.14. The fourth-order valence-electron chi connectivity index (χ4n) is 1.56. The first kappa shape index (κ1) is 11.4. The molecular weight excluding hydrogens is 272 g/mol. The molecule has 3 N–H and O–H groups in total. The molecule has 0 bridgehead atoms. The van der Waals surface area contributed by atoms with E-state index in [1.165, 1.54) is 0 Å². The molecule has 0 aromatic heterocycles. The van der Waals surface area contributed by atoms with Crippen LogP contribution in [0.5, 0.6) is 5.75 Å². The summed E-state index contributed by atoms with van der Waals surface area (Å²) in [6, 6.07) is 4.96. The fraction of sp³-hybridized carbons (Fsp3) is 0.364. The Morgan fingerprint density at radius 1 is 1.56 bits per heavy atom. The quantitative estimate of drug-likeness (QED) is 0.741. The maximum Gasteiger partial charge on any atom is 0.224 e. The lowest BCUT2D eigenvalue weighted by atomic mass is 9.99. The zero-order chi connectivity index (χ0) is 11.5. The summed E-state index contributed by atoms with van der Waals surface area (Å²) in [6.07, 6.45) is 0.499. The average Bonchev–Trinajstić information content (AvgIpc) is 2.18. The van der Waals surface area contributed by atoms with Crippen LogP contribution < -0.4 is 10.6 Å². The molecule has 0 radical (unpaired) electrons. The minimum Gasteiger partial charge on any atom is -0.506 e. The second kappa shape index (κ2) is 4.84. The van der Waals surface area contributed by atoms with E-state index in [4.69, 9.17) is 0 Å². The number of aromatic hydroxyl groups is 1. The van der Waals surface area contributed by atoms with Gasteiger partial charge in [0.15, 0.2) is 0 Å². The van der Waals surface area contributed by atoms with Crippen molar-refractivity contribution < 1.29 is 9.90 Å². The van der Waals surface area contributed by atoms with Crippen LogP contribution in [0.25, 0.3) is 0 Å². The van der Waals surface area contributed by atoms with Crippen LogP contribution in [0.2, 0.25) is 0 Å². The topological polar surface area (TPSA) is 61.4 Å². The van der Waals surface area contributed by atoms with Crippen molar-refractivity contribution in [3.8, 4) is 5.75 Å².